The lowest BCUT2D eigenvalue weighted by Gasteiger charge is -2.16. The molecular formula is C12H14BrFN2O. The largest absolute Gasteiger partial charge is 0.338 e. The van der Waals surface area contributed by atoms with Gasteiger partial charge in [0, 0.05) is 17.6 Å². The van der Waals surface area contributed by atoms with E-state index in [9.17, 15) is 9.18 Å². The molecule has 1 atom stereocenters. The maximum Gasteiger partial charge on any atom is 0.256 e. The van der Waals surface area contributed by atoms with Crippen molar-refractivity contribution in [2.75, 3.05) is 19.6 Å². The molecule has 1 aromatic carbocycles. The Labute approximate surface area is 108 Å². The van der Waals surface area contributed by atoms with Gasteiger partial charge in [-0.05, 0) is 37.1 Å². The lowest BCUT2D eigenvalue weighted by molar-refractivity contribution is 0.0783. The summed E-state index contributed by atoms with van der Waals surface area (Å²) in [6.45, 7) is 1.87. The van der Waals surface area contributed by atoms with Crippen LogP contribution < -0.4 is 5.73 Å². The number of likely N-dealkylation sites (tertiary alicyclic amines) is 1. The van der Waals surface area contributed by atoms with Crippen molar-refractivity contribution in [2.24, 2.45) is 11.7 Å². The SMILES string of the molecule is NCC1CCN(C(=O)c2ccc(Br)cc2F)C1. The van der Waals surface area contributed by atoms with Crippen LogP contribution in [0.1, 0.15) is 16.8 Å². The normalized spacial score (nSPS) is 19.7. The van der Waals surface area contributed by atoms with Crippen LogP contribution in [-0.2, 0) is 0 Å². The number of nitrogens with zero attached hydrogens (tertiary/aromatic N) is 1. The van der Waals surface area contributed by atoms with Gasteiger partial charge >= 0.3 is 0 Å². The maximum absolute atomic E-state index is 13.6. The Balaban J connectivity index is 2.15. The summed E-state index contributed by atoms with van der Waals surface area (Å²) in [5.41, 5.74) is 5.70. The second-order valence-electron chi connectivity index (χ2n) is 4.27. The number of amides is 1. The minimum absolute atomic E-state index is 0.130. The predicted molar refractivity (Wildman–Crippen MR) is 67.2 cm³/mol. The third-order valence-corrected chi connectivity index (χ3v) is 3.56. The minimum atomic E-state index is -0.486. The van der Waals surface area contributed by atoms with E-state index in [2.05, 4.69) is 15.9 Å². The zero-order valence-electron chi connectivity index (χ0n) is 9.33. The van der Waals surface area contributed by atoms with E-state index in [1.54, 1.807) is 11.0 Å². The first-order chi connectivity index (χ1) is 8.11. The summed E-state index contributed by atoms with van der Waals surface area (Å²) in [4.78, 5) is 13.7. The van der Waals surface area contributed by atoms with Crippen LogP contribution in [0.3, 0.4) is 0 Å². The minimum Gasteiger partial charge on any atom is -0.338 e. The molecule has 92 valence electrons. The quantitative estimate of drug-likeness (QED) is 0.908. The Morgan fingerprint density at radius 2 is 2.35 bits per heavy atom. The number of rotatable bonds is 2. The first-order valence-corrected chi connectivity index (χ1v) is 6.35. The molecular weight excluding hydrogens is 287 g/mol. The van der Waals surface area contributed by atoms with Gasteiger partial charge in [-0.3, -0.25) is 4.79 Å². The Hall–Kier alpha value is -0.940. The third-order valence-electron chi connectivity index (χ3n) is 3.07. The zero-order chi connectivity index (χ0) is 12.4. The summed E-state index contributed by atoms with van der Waals surface area (Å²) in [6, 6.07) is 4.49. The van der Waals surface area contributed by atoms with E-state index in [0.717, 1.165) is 6.42 Å². The monoisotopic (exact) mass is 300 g/mol. The zero-order valence-corrected chi connectivity index (χ0v) is 10.9. The molecule has 3 nitrogen and oxygen atoms in total. The van der Waals surface area contributed by atoms with Gasteiger partial charge in [0.1, 0.15) is 5.82 Å². The van der Waals surface area contributed by atoms with Crippen molar-refractivity contribution < 1.29 is 9.18 Å². The molecule has 5 heteroatoms. The van der Waals surface area contributed by atoms with Crippen LogP contribution in [0.15, 0.2) is 22.7 Å². The summed E-state index contributed by atoms with van der Waals surface area (Å²) in [5, 5.41) is 0. The molecule has 2 N–H and O–H groups in total. The Bertz CT molecular complexity index is 439. The van der Waals surface area contributed by atoms with Gasteiger partial charge in [-0.15, -0.1) is 0 Å². The van der Waals surface area contributed by atoms with Crippen LogP contribution in [0, 0.1) is 11.7 Å². The van der Waals surface area contributed by atoms with Crippen molar-refractivity contribution in [2.45, 2.75) is 6.42 Å². The van der Waals surface area contributed by atoms with Crippen LogP contribution in [0.5, 0.6) is 0 Å². The van der Waals surface area contributed by atoms with Crippen LogP contribution >= 0.6 is 15.9 Å². The third kappa shape index (κ3) is 2.66. The second-order valence-corrected chi connectivity index (χ2v) is 5.18. The van der Waals surface area contributed by atoms with E-state index in [-0.39, 0.29) is 11.5 Å². The number of carbonyl (C=O) groups excluding carboxylic acids is 1. The fraction of sp³-hybridized carbons (Fsp3) is 0.417. The highest BCUT2D eigenvalue weighted by molar-refractivity contribution is 9.10. The van der Waals surface area contributed by atoms with Gasteiger partial charge in [0.15, 0.2) is 0 Å². The summed E-state index contributed by atoms with van der Waals surface area (Å²) < 4.78 is 14.3. The topological polar surface area (TPSA) is 46.3 Å². The lowest BCUT2D eigenvalue weighted by Crippen LogP contribution is -2.30. The van der Waals surface area contributed by atoms with E-state index in [4.69, 9.17) is 5.73 Å². The first kappa shape index (κ1) is 12.5. The van der Waals surface area contributed by atoms with Gasteiger partial charge in [-0.2, -0.15) is 0 Å². The van der Waals surface area contributed by atoms with Crippen molar-refractivity contribution in [3.05, 3.63) is 34.1 Å². The van der Waals surface area contributed by atoms with Crippen LogP contribution in [0.4, 0.5) is 4.39 Å². The van der Waals surface area contributed by atoms with Gasteiger partial charge in [0.2, 0.25) is 0 Å². The molecule has 2 rings (SSSR count). The molecule has 0 spiro atoms. The predicted octanol–water partition coefficient (Wildman–Crippen LogP) is 2.01. The molecule has 0 bridgehead atoms. The lowest BCUT2D eigenvalue weighted by atomic mass is 10.1. The average Bonchev–Trinajstić information content (AvgIpc) is 2.76. The van der Waals surface area contributed by atoms with E-state index in [1.165, 1.54) is 12.1 Å². The molecule has 1 amide bonds. The number of carbonyl (C=O) groups is 1. The molecule has 1 aliphatic rings. The van der Waals surface area contributed by atoms with Crippen molar-refractivity contribution in [1.82, 2.24) is 4.90 Å². The summed E-state index contributed by atoms with van der Waals surface area (Å²) in [6.07, 6.45) is 0.903. The van der Waals surface area contributed by atoms with Crippen molar-refractivity contribution >= 4 is 21.8 Å². The smallest absolute Gasteiger partial charge is 0.256 e. The molecule has 0 aromatic heterocycles. The van der Waals surface area contributed by atoms with Crippen LogP contribution in [0.2, 0.25) is 0 Å². The van der Waals surface area contributed by atoms with Gasteiger partial charge < -0.3 is 10.6 Å². The standard InChI is InChI=1S/C12H14BrFN2O/c13-9-1-2-10(11(14)5-9)12(17)16-4-3-8(6-15)7-16/h1-2,5,8H,3-4,6-7,15H2. The molecule has 1 heterocycles. The molecule has 1 aliphatic heterocycles. The van der Waals surface area contributed by atoms with Gasteiger partial charge in [-0.1, -0.05) is 15.9 Å². The van der Waals surface area contributed by atoms with E-state index in [0.29, 0.717) is 30.0 Å². The van der Waals surface area contributed by atoms with E-state index >= 15 is 0 Å². The Morgan fingerprint density at radius 1 is 1.59 bits per heavy atom. The highest BCUT2D eigenvalue weighted by Crippen LogP contribution is 2.21. The molecule has 0 radical (unpaired) electrons. The highest BCUT2D eigenvalue weighted by atomic mass is 79.9. The Morgan fingerprint density at radius 3 is 2.94 bits per heavy atom. The van der Waals surface area contributed by atoms with Crippen LogP contribution in [0.25, 0.3) is 0 Å². The van der Waals surface area contributed by atoms with E-state index < -0.39 is 5.82 Å². The number of nitrogens with two attached hydrogens (primary N) is 1. The molecule has 0 aliphatic carbocycles. The second kappa shape index (κ2) is 5.14. The van der Waals surface area contributed by atoms with Gasteiger partial charge in [0.25, 0.3) is 5.91 Å². The van der Waals surface area contributed by atoms with Crippen molar-refractivity contribution in [1.29, 1.82) is 0 Å². The van der Waals surface area contributed by atoms with Crippen molar-refractivity contribution in [3.8, 4) is 0 Å². The molecule has 17 heavy (non-hydrogen) atoms. The molecule has 1 fully saturated rings. The molecule has 1 unspecified atom stereocenters. The van der Waals surface area contributed by atoms with Gasteiger partial charge in [-0.25, -0.2) is 4.39 Å². The van der Waals surface area contributed by atoms with E-state index in [1.807, 2.05) is 0 Å². The molecule has 1 aromatic rings. The molecule has 0 saturated carbocycles. The summed E-state index contributed by atoms with van der Waals surface area (Å²) >= 11 is 3.17. The fourth-order valence-electron chi connectivity index (χ4n) is 2.04. The highest BCUT2D eigenvalue weighted by Gasteiger charge is 2.27. The maximum atomic E-state index is 13.6. The Kier molecular flexibility index (Phi) is 3.79. The summed E-state index contributed by atoms with van der Waals surface area (Å²) in [7, 11) is 0. The van der Waals surface area contributed by atoms with Gasteiger partial charge in [0.05, 0.1) is 5.56 Å². The summed E-state index contributed by atoms with van der Waals surface area (Å²) in [5.74, 6) is -0.385. The van der Waals surface area contributed by atoms with Crippen molar-refractivity contribution in [3.63, 3.8) is 0 Å². The van der Waals surface area contributed by atoms with Crippen LogP contribution in [-0.4, -0.2) is 30.4 Å². The first-order valence-electron chi connectivity index (χ1n) is 5.56. The number of benzene rings is 1. The number of hydrogen-bond donors (Lipinski definition) is 1. The number of hydrogen-bond acceptors (Lipinski definition) is 2. The average molecular weight is 301 g/mol. The number of halogens is 2. The molecule has 1 saturated heterocycles. The fourth-order valence-corrected chi connectivity index (χ4v) is 2.38.